The molecule has 1 aliphatic carbocycles. The Morgan fingerprint density at radius 2 is 2.07 bits per heavy atom. The number of rotatable bonds is 6. The summed E-state index contributed by atoms with van der Waals surface area (Å²) >= 11 is 0. The van der Waals surface area contributed by atoms with Crippen molar-refractivity contribution in [2.75, 3.05) is 18.1 Å². The first-order valence-electron chi connectivity index (χ1n) is 9.85. The lowest BCUT2D eigenvalue weighted by Crippen LogP contribution is -2.32. The van der Waals surface area contributed by atoms with Gasteiger partial charge in [-0.3, -0.25) is 9.59 Å². The molecule has 152 valence electrons. The third-order valence-electron chi connectivity index (χ3n) is 5.10. The second kappa shape index (κ2) is 7.81. The molecule has 1 aromatic heterocycles. The molecule has 1 aromatic carbocycles. The molecule has 1 fully saturated rings. The molecule has 6 nitrogen and oxygen atoms in total. The summed E-state index contributed by atoms with van der Waals surface area (Å²) in [6.07, 6.45) is 2.06. The molecule has 2 aliphatic rings. The van der Waals surface area contributed by atoms with Crippen molar-refractivity contribution in [3.8, 4) is 11.6 Å². The molecule has 1 aliphatic heterocycles. The predicted molar refractivity (Wildman–Crippen MR) is 105 cm³/mol. The van der Waals surface area contributed by atoms with E-state index in [0.717, 1.165) is 0 Å². The van der Waals surface area contributed by atoms with Gasteiger partial charge in [-0.2, -0.15) is 0 Å². The van der Waals surface area contributed by atoms with Crippen LogP contribution in [0.25, 0.3) is 0 Å². The third-order valence-corrected chi connectivity index (χ3v) is 5.10. The van der Waals surface area contributed by atoms with E-state index in [1.165, 1.54) is 17.2 Å². The fourth-order valence-corrected chi connectivity index (χ4v) is 3.61. The Balaban J connectivity index is 1.44. The van der Waals surface area contributed by atoms with Crippen LogP contribution >= 0.6 is 0 Å². The minimum Gasteiger partial charge on any atom is -0.479 e. The number of carbonyl (C=O) groups excluding carboxylic acids is 2. The molecule has 0 radical (unpaired) electrons. The fourth-order valence-electron chi connectivity index (χ4n) is 3.61. The van der Waals surface area contributed by atoms with Crippen LogP contribution in [0.15, 0.2) is 30.5 Å². The van der Waals surface area contributed by atoms with E-state index in [1.807, 2.05) is 0 Å². The summed E-state index contributed by atoms with van der Waals surface area (Å²) in [5.41, 5.74) is 1.24. The first kappa shape index (κ1) is 19.4. The number of ketones is 1. The van der Waals surface area contributed by atoms with E-state index in [2.05, 4.69) is 18.8 Å². The quantitative estimate of drug-likeness (QED) is 0.744. The SMILES string of the molecule is CC(C)COc1ccc(OC2CCN(c3cc(F)c4c(c3)C(=O)CC4)C2=O)cn1. The summed E-state index contributed by atoms with van der Waals surface area (Å²) in [5, 5.41) is 0. The van der Waals surface area contributed by atoms with Gasteiger partial charge in [-0.1, -0.05) is 13.8 Å². The highest BCUT2D eigenvalue weighted by atomic mass is 19.1. The van der Waals surface area contributed by atoms with E-state index in [1.54, 1.807) is 18.2 Å². The van der Waals surface area contributed by atoms with Crippen LogP contribution in [0.2, 0.25) is 0 Å². The number of carbonyl (C=O) groups is 2. The monoisotopic (exact) mass is 398 g/mol. The summed E-state index contributed by atoms with van der Waals surface area (Å²) in [4.78, 5) is 30.4. The molecule has 1 atom stereocenters. The molecule has 4 rings (SSSR count). The lowest BCUT2D eigenvalue weighted by Gasteiger charge is -2.18. The Bertz CT molecular complexity index is 943. The Labute approximate surface area is 168 Å². The summed E-state index contributed by atoms with van der Waals surface area (Å²) in [6.45, 7) is 5.08. The Morgan fingerprint density at radius 3 is 2.79 bits per heavy atom. The summed E-state index contributed by atoms with van der Waals surface area (Å²) in [7, 11) is 0. The van der Waals surface area contributed by atoms with Crippen LogP contribution in [0.4, 0.5) is 10.1 Å². The number of anilines is 1. The van der Waals surface area contributed by atoms with Crippen molar-refractivity contribution in [2.45, 2.75) is 39.2 Å². The van der Waals surface area contributed by atoms with Gasteiger partial charge in [0.05, 0.1) is 12.8 Å². The van der Waals surface area contributed by atoms with Gasteiger partial charge in [0.15, 0.2) is 11.9 Å². The molecule has 7 heteroatoms. The first-order chi connectivity index (χ1) is 13.9. The minimum absolute atomic E-state index is 0.0777. The highest BCUT2D eigenvalue weighted by Gasteiger charge is 2.36. The molecular formula is C22H23FN2O4. The van der Waals surface area contributed by atoms with Gasteiger partial charge in [-0.25, -0.2) is 9.37 Å². The Morgan fingerprint density at radius 1 is 1.24 bits per heavy atom. The van der Waals surface area contributed by atoms with Crippen molar-refractivity contribution >= 4 is 17.4 Å². The molecule has 29 heavy (non-hydrogen) atoms. The van der Waals surface area contributed by atoms with Crippen molar-refractivity contribution in [3.63, 3.8) is 0 Å². The van der Waals surface area contributed by atoms with Crippen molar-refractivity contribution in [1.82, 2.24) is 4.98 Å². The van der Waals surface area contributed by atoms with Crippen molar-refractivity contribution < 1.29 is 23.5 Å². The molecule has 2 heterocycles. The van der Waals surface area contributed by atoms with Crippen LogP contribution in [0.1, 0.15) is 42.6 Å². The number of Topliss-reactive ketones (excluding diaryl/α,β-unsaturated/α-hetero) is 1. The number of aromatic nitrogens is 1. The number of ether oxygens (including phenoxy) is 2. The molecule has 1 saturated heterocycles. The average molecular weight is 398 g/mol. The van der Waals surface area contributed by atoms with Crippen molar-refractivity contribution in [1.29, 1.82) is 0 Å². The molecule has 0 bridgehead atoms. The van der Waals surface area contributed by atoms with Crippen molar-refractivity contribution in [3.05, 3.63) is 47.4 Å². The summed E-state index contributed by atoms with van der Waals surface area (Å²) in [6, 6.07) is 6.37. The number of hydrogen-bond acceptors (Lipinski definition) is 5. The number of nitrogens with zero attached hydrogens (tertiary/aromatic N) is 2. The number of fused-ring (bicyclic) bond motifs is 1. The van der Waals surface area contributed by atoms with Crippen LogP contribution in [0, 0.1) is 11.7 Å². The van der Waals surface area contributed by atoms with Crippen molar-refractivity contribution in [2.24, 2.45) is 5.92 Å². The number of amides is 1. The van der Waals surface area contributed by atoms with E-state index < -0.39 is 11.9 Å². The molecule has 0 saturated carbocycles. The van der Waals surface area contributed by atoms with Crippen LogP contribution in [0.3, 0.4) is 0 Å². The van der Waals surface area contributed by atoms with E-state index in [-0.39, 0.29) is 11.7 Å². The number of benzene rings is 1. The smallest absolute Gasteiger partial charge is 0.268 e. The van der Waals surface area contributed by atoms with Crippen LogP contribution < -0.4 is 14.4 Å². The van der Waals surface area contributed by atoms with Gasteiger partial charge in [0.2, 0.25) is 5.88 Å². The normalized spacial score (nSPS) is 18.5. The molecule has 0 N–H and O–H groups in total. The number of halogens is 1. The lowest BCUT2D eigenvalue weighted by molar-refractivity contribution is -0.122. The fraction of sp³-hybridized carbons (Fsp3) is 0.409. The van der Waals surface area contributed by atoms with Crippen LogP contribution in [-0.2, 0) is 11.2 Å². The highest BCUT2D eigenvalue weighted by molar-refractivity contribution is 6.04. The maximum Gasteiger partial charge on any atom is 0.268 e. The maximum atomic E-state index is 14.4. The van der Waals surface area contributed by atoms with Gasteiger partial charge in [-0.15, -0.1) is 0 Å². The highest BCUT2D eigenvalue weighted by Crippen LogP contribution is 2.32. The summed E-state index contributed by atoms with van der Waals surface area (Å²) < 4.78 is 25.7. The molecule has 1 amide bonds. The number of hydrogen-bond donors (Lipinski definition) is 0. The maximum absolute atomic E-state index is 14.4. The number of pyridine rings is 1. The molecule has 1 unspecified atom stereocenters. The predicted octanol–water partition coefficient (Wildman–Crippen LogP) is 3.57. The van der Waals surface area contributed by atoms with Crippen LogP contribution in [0.5, 0.6) is 11.6 Å². The van der Waals surface area contributed by atoms with Gasteiger partial charge < -0.3 is 14.4 Å². The molecular weight excluding hydrogens is 375 g/mol. The van der Waals surface area contributed by atoms with E-state index in [4.69, 9.17) is 9.47 Å². The van der Waals surface area contributed by atoms with E-state index in [0.29, 0.717) is 66.8 Å². The molecule has 0 spiro atoms. The van der Waals surface area contributed by atoms with Gasteiger partial charge in [0.1, 0.15) is 11.6 Å². The van der Waals surface area contributed by atoms with E-state index in [9.17, 15) is 14.0 Å². The minimum atomic E-state index is -0.675. The van der Waals surface area contributed by atoms with Gasteiger partial charge in [-0.05, 0) is 36.1 Å². The second-order valence-electron chi connectivity index (χ2n) is 7.80. The summed E-state index contributed by atoms with van der Waals surface area (Å²) in [5.74, 6) is 0.609. The standard InChI is InChI=1S/C22H23FN2O4/c1-13(2)12-28-21-6-3-15(11-24-21)29-20-7-8-25(22(20)27)14-9-17-16(18(23)10-14)4-5-19(17)26/h3,6,9-11,13,20H,4-5,7-8,12H2,1-2H3. The lowest BCUT2D eigenvalue weighted by atomic mass is 10.1. The second-order valence-corrected chi connectivity index (χ2v) is 7.80. The topological polar surface area (TPSA) is 68.7 Å². The first-order valence-corrected chi connectivity index (χ1v) is 9.85. The zero-order chi connectivity index (χ0) is 20.5. The van der Waals surface area contributed by atoms with Crippen LogP contribution in [-0.4, -0.2) is 35.9 Å². The zero-order valence-corrected chi connectivity index (χ0v) is 16.5. The van der Waals surface area contributed by atoms with Gasteiger partial charge in [0, 0.05) is 36.7 Å². The zero-order valence-electron chi connectivity index (χ0n) is 16.5. The van der Waals surface area contributed by atoms with Gasteiger partial charge >= 0.3 is 0 Å². The largest absolute Gasteiger partial charge is 0.479 e. The Hall–Kier alpha value is -2.96. The third kappa shape index (κ3) is 3.95. The van der Waals surface area contributed by atoms with E-state index >= 15 is 0 Å². The Kier molecular flexibility index (Phi) is 5.22. The van der Waals surface area contributed by atoms with Gasteiger partial charge in [0.25, 0.3) is 5.91 Å². The average Bonchev–Trinajstić information content (AvgIpc) is 3.25. The molecule has 2 aromatic rings.